The Morgan fingerprint density at radius 1 is 1.53 bits per heavy atom. The lowest BCUT2D eigenvalue weighted by Gasteiger charge is -2.08. The molecule has 106 valence electrons. The van der Waals surface area contributed by atoms with Crippen molar-refractivity contribution in [3.63, 3.8) is 0 Å². The molecule has 1 atom stereocenters. The van der Waals surface area contributed by atoms with E-state index < -0.39 is 10.8 Å². The van der Waals surface area contributed by atoms with E-state index >= 15 is 0 Å². The van der Waals surface area contributed by atoms with Gasteiger partial charge in [-0.1, -0.05) is 11.6 Å². The summed E-state index contributed by atoms with van der Waals surface area (Å²) in [6, 6.07) is 1.62. The maximum atomic E-state index is 11.9. The number of pyridine rings is 1. The Labute approximate surface area is 120 Å². The zero-order chi connectivity index (χ0) is 14.3. The quantitative estimate of drug-likeness (QED) is 0.752. The molecule has 1 amide bonds. The van der Waals surface area contributed by atoms with E-state index in [1.807, 2.05) is 6.92 Å². The second kappa shape index (κ2) is 8.12. The maximum Gasteiger partial charge on any atom is 0.252 e. The highest BCUT2D eigenvalue weighted by Gasteiger charge is 2.11. The van der Waals surface area contributed by atoms with Crippen LogP contribution in [-0.4, -0.2) is 40.2 Å². The molecule has 7 heteroatoms. The molecule has 19 heavy (non-hydrogen) atoms. The number of hydrogen-bond donors (Lipinski definition) is 2. The summed E-state index contributed by atoms with van der Waals surface area (Å²) in [4.78, 5) is 16.0. The number of amides is 1. The molecule has 0 aliphatic heterocycles. The Bertz CT molecular complexity index is 468. The van der Waals surface area contributed by atoms with Gasteiger partial charge in [0.2, 0.25) is 0 Å². The summed E-state index contributed by atoms with van der Waals surface area (Å²) in [7, 11) is -0.833. The van der Waals surface area contributed by atoms with Crippen LogP contribution in [0.1, 0.15) is 23.7 Å². The average Bonchev–Trinajstić information content (AvgIpc) is 2.36. The van der Waals surface area contributed by atoms with Crippen molar-refractivity contribution in [1.29, 1.82) is 0 Å². The highest BCUT2D eigenvalue weighted by molar-refractivity contribution is 7.84. The standard InChI is InChI=1S/C12H18ClN3O2S/c1-3-14-11-7-9(10(13)8-16-11)12(17)15-5-4-6-19(2)18/h7-8H,3-6H2,1-2H3,(H,14,16)(H,15,17). The molecule has 1 unspecified atom stereocenters. The first-order chi connectivity index (χ1) is 9.04. The van der Waals surface area contributed by atoms with E-state index in [2.05, 4.69) is 15.6 Å². The van der Waals surface area contributed by atoms with Crippen molar-refractivity contribution < 1.29 is 9.00 Å². The van der Waals surface area contributed by atoms with Gasteiger partial charge in [-0.05, 0) is 19.4 Å². The third kappa shape index (κ3) is 5.57. The maximum absolute atomic E-state index is 11.9. The lowest BCUT2D eigenvalue weighted by Crippen LogP contribution is -2.26. The molecule has 0 aromatic carbocycles. The Morgan fingerprint density at radius 3 is 2.89 bits per heavy atom. The second-order valence-electron chi connectivity index (χ2n) is 3.97. The fraction of sp³-hybridized carbons (Fsp3) is 0.500. The smallest absolute Gasteiger partial charge is 0.252 e. The van der Waals surface area contributed by atoms with Crippen LogP contribution in [0.2, 0.25) is 5.02 Å². The lowest BCUT2D eigenvalue weighted by atomic mass is 10.2. The lowest BCUT2D eigenvalue weighted by molar-refractivity contribution is 0.0954. The summed E-state index contributed by atoms with van der Waals surface area (Å²) < 4.78 is 10.9. The SMILES string of the molecule is CCNc1cc(C(=O)NCCCS(C)=O)c(Cl)cn1. The zero-order valence-electron chi connectivity index (χ0n) is 11.0. The first kappa shape index (κ1) is 15.9. The van der Waals surface area contributed by atoms with Crippen LogP contribution in [0.4, 0.5) is 5.82 Å². The summed E-state index contributed by atoms with van der Waals surface area (Å²) in [6.07, 6.45) is 3.78. The van der Waals surface area contributed by atoms with Gasteiger partial charge in [-0.2, -0.15) is 0 Å². The molecule has 1 rings (SSSR count). The van der Waals surface area contributed by atoms with Crippen LogP contribution >= 0.6 is 11.6 Å². The minimum absolute atomic E-state index is 0.242. The van der Waals surface area contributed by atoms with Crippen molar-refractivity contribution in [3.05, 3.63) is 22.8 Å². The van der Waals surface area contributed by atoms with Crippen LogP contribution in [0.25, 0.3) is 0 Å². The topological polar surface area (TPSA) is 71.1 Å². The average molecular weight is 304 g/mol. The second-order valence-corrected chi connectivity index (χ2v) is 5.93. The number of carbonyl (C=O) groups is 1. The van der Waals surface area contributed by atoms with Gasteiger partial charge in [0, 0.05) is 42.1 Å². The molecule has 5 nitrogen and oxygen atoms in total. The summed E-state index contributed by atoms with van der Waals surface area (Å²) in [6.45, 7) is 3.15. The number of hydrogen-bond acceptors (Lipinski definition) is 4. The van der Waals surface area contributed by atoms with E-state index in [1.54, 1.807) is 12.3 Å². The number of rotatable bonds is 7. The van der Waals surface area contributed by atoms with Crippen molar-refractivity contribution in [2.45, 2.75) is 13.3 Å². The molecular formula is C12H18ClN3O2S. The molecule has 0 radical (unpaired) electrons. The molecule has 0 spiro atoms. The van der Waals surface area contributed by atoms with Crippen molar-refractivity contribution in [2.75, 3.05) is 30.4 Å². The van der Waals surface area contributed by atoms with Gasteiger partial charge in [-0.3, -0.25) is 9.00 Å². The molecule has 1 heterocycles. The van der Waals surface area contributed by atoms with Crippen molar-refractivity contribution in [2.24, 2.45) is 0 Å². The first-order valence-electron chi connectivity index (χ1n) is 6.02. The van der Waals surface area contributed by atoms with Crippen molar-refractivity contribution in [1.82, 2.24) is 10.3 Å². The minimum atomic E-state index is -0.833. The molecule has 0 aliphatic rings. The van der Waals surface area contributed by atoms with E-state index in [-0.39, 0.29) is 5.91 Å². The molecule has 0 fully saturated rings. The molecule has 1 aromatic rings. The molecule has 0 saturated heterocycles. The van der Waals surface area contributed by atoms with E-state index in [1.165, 1.54) is 6.20 Å². The van der Waals surface area contributed by atoms with Gasteiger partial charge in [0.1, 0.15) is 5.82 Å². The van der Waals surface area contributed by atoms with Crippen LogP contribution in [0, 0.1) is 0 Å². The third-order valence-corrected chi connectivity index (χ3v) is 3.52. The van der Waals surface area contributed by atoms with Gasteiger partial charge in [0.05, 0.1) is 10.6 Å². The van der Waals surface area contributed by atoms with Crippen LogP contribution in [0.3, 0.4) is 0 Å². The Kier molecular flexibility index (Phi) is 6.80. The van der Waals surface area contributed by atoms with E-state index in [9.17, 15) is 9.00 Å². The van der Waals surface area contributed by atoms with Crippen molar-refractivity contribution >= 4 is 34.1 Å². The van der Waals surface area contributed by atoms with Gasteiger partial charge in [-0.25, -0.2) is 4.98 Å². The summed E-state index contributed by atoms with van der Waals surface area (Å²) >= 11 is 5.95. The first-order valence-corrected chi connectivity index (χ1v) is 8.12. The molecule has 0 bridgehead atoms. The molecule has 2 N–H and O–H groups in total. The van der Waals surface area contributed by atoms with E-state index in [0.29, 0.717) is 35.1 Å². The summed E-state index contributed by atoms with van der Waals surface area (Å²) in [5.74, 6) is 0.952. The number of halogens is 1. The van der Waals surface area contributed by atoms with Gasteiger partial charge in [0.25, 0.3) is 5.91 Å². The van der Waals surface area contributed by atoms with Gasteiger partial charge >= 0.3 is 0 Å². The summed E-state index contributed by atoms with van der Waals surface area (Å²) in [5, 5.41) is 6.09. The zero-order valence-corrected chi connectivity index (χ0v) is 12.6. The van der Waals surface area contributed by atoms with Gasteiger partial charge in [0.15, 0.2) is 0 Å². The minimum Gasteiger partial charge on any atom is -0.370 e. The highest BCUT2D eigenvalue weighted by atomic mass is 35.5. The van der Waals surface area contributed by atoms with Crippen molar-refractivity contribution in [3.8, 4) is 0 Å². The Morgan fingerprint density at radius 2 is 2.26 bits per heavy atom. The fourth-order valence-electron chi connectivity index (χ4n) is 1.46. The number of anilines is 1. The highest BCUT2D eigenvalue weighted by Crippen LogP contribution is 2.17. The monoisotopic (exact) mass is 303 g/mol. The number of nitrogens with zero attached hydrogens (tertiary/aromatic N) is 1. The predicted octanol–water partition coefficient (Wildman–Crippen LogP) is 1.67. The van der Waals surface area contributed by atoms with Gasteiger partial charge < -0.3 is 10.6 Å². The molecule has 1 aromatic heterocycles. The van der Waals surface area contributed by atoms with E-state index in [0.717, 1.165) is 6.54 Å². The van der Waals surface area contributed by atoms with Crippen LogP contribution in [-0.2, 0) is 10.8 Å². The largest absolute Gasteiger partial charge is 0.370 e. The molecule has 0 aliphatic carbocycles. The Balaban J connectivity index is 2.60. The molecule has 0 saturated carbocycles. The normalized spacial score (nSPS) is 11.9. The third-order valence-electron chi connectivity index (χ3n) is 2.35. The Hall–Kier alpha value is -1.14. The van der Waals surface area contributed by atoms with Crippen LogP contribution in [0.5, 0.6) is 0 Å². The molecular weight excluding hydrogens is 286 g/mol. The number of carbonyl (C=O) groups excluding carboxylic acids is 1. The predicted molar refractivity (Wildman–Crippen MR) is 79.3 cm³/mol. The fourth-order valence-corrected chi connectivity index (χ4v) is 2.20. The van der Waals surface area contributed by atoms with Gasteiger partial charge in [-0.15, -0.1) is 0 Å². The number of nitrogens with one attached hydrogen (secondary N) is 2. The van der Waals surface area contributed by atoms with Crippen LogP contribution < -0.4 is 10.6 Å². The van der Waals surface area contributed by atoms with E-state index in [4.69, 9.17) is 11.6 Å². The van der Waals surface area contributed by atoms with Crippen LogP contribution in [0.15, 0.2) is 12.3 Å². The number of aromatic nitrogens is 1. The summed E-state index contributed by atoms with van der Waals surface area (Å²) in [5.41, 5.74) is 0.394.